The summed E-state index contributed by atoms with van der Waals surface area (Å²) in [5.74, 6) is -0.189. The van der Waals surface area contributed by atoms with Crippen molar-refractivity contribution in [2.45, 2.75) is 6.92 Å². The number of benzene rings is 2. The van der Waals surface area contributed by atoms with E-state index in [4.69, 9.17) is 16.1 Å². The van der Waals surface area contributed by atoms with Crippen LogP contribution in [0.3, 0.4) is 0 Å². The van der Waals surface area contributed by atoms with Crippen LogP contribution in [0.5, 0.6) is 0 Å². The van der Waals surface area contributed by atoms with Crippen molar-refractivity contribution in [1.29, 1.82) is 0 Å². The first-order valence-electron chi connectivity index (χ1n) is 8.18. The lowest BCUT2D eigenvalue weighted by Crippen LogP contribution is -2.15. The van der Waals surface area contributed by atoms with E-state index in [9.17, 15) is 9.59 Å². The molecule has 0 atom stereocenters. The first-order valence-corrected chi connectivity index (χ1v) is 8.56. The lowest BCUT2D eigenvalue weighted by molar-refractivity contribution is 0.101. The van der Waals surface area contributed by atoms with Crippen LogP contribution in [-0.2, 0) is 0 Å². The number of aromatic amines is 1. The molecule has 2 aromatic carbocycles. The van der Waals surface area contributed by atoms with Gasteiger partial charge in [-0.3, -0.25) is 9.59 Å². The van der Waals surface area contributed by atoms with Crippen molar-refractivity contribution in [3.05, 3.63) is 82.3 Å². The Labute approximate surface area is 159 Å². The van der Waals surface area contributed by atoms with Gasteiger partial charge in [0.15, 0.2) is 5.69 Å². The van der Waals surface area contributed by atoms with Gasteiger partial charge in [-0.05, 0) is 25.1 Å². The Hall–Kier alpha value is -3.38. The van der Waals surface area contributed by atoms with E-state index in [1.807, 2.05) is 6.07 Å². The van der Waals surface area contributed by atoms with Crippen molar-refractivity contribution < 1.29 is 14.1 Å². The van der Waals surface area contributed by atoms with Crippen molar-refractivity contribution in [2.75, 3.05) is 5.32 Å². The van der Waals surface area contributed by atoms with Crippen molar-refractivity contribution in [3.63, 3.8) is 0 Å². The maximum Gasteiger partial charge on any atom is 0.277 e. The van der Waals surface area contributed by atoms with Crippen LogP contribution >= 0.6 is 11.6 Å². The third-order valence-electron chi connectivity index (χ3n) is 4.12. The number of nitrogens with zero attached hydrogens (tertiary/aromatic N) is 1. The van der Waals surface area contributed by atoms with Crippen LogP contribution in [0, 0.1) is 6.92 Å². The van der Waals surface area contributed by atoms with Gasteiger partial charge in [0.1, 0.15) is 11.5 Å². The fraction of sp³-hybridized carbons (Fsp3) is 0.0500. The second-order valence-electron chi connectivity index (χ2n) is 6.04. The molecule has 0 aliphatic carbocycles. The molecule has 6 nitrogen and oxygen atoms in total. The minimum atomic E-state index is -0.468. The molecule has 0 fully saturated rings. The number of H-pyrrole nitrogens is 1. The molecule has 0 bridgehead atoms. The second kappa shape index (κ2) is 6.74. The zero-order valence-corrected chi connectivity index (χ0v) is 15.0. The number of carbonyl (C=O) groups excluding carboxylic acids is 2. The van der Waals surface area contributed by atoms with Crippen molar-refractivity contribution in [2.24, 2.45) is 0 Å². The lowest BCUT2D eigenvalue weighted by Gasteiger charge is -2.06. The highest BCUT2D eigenvalue weighted by Crippen LogP contribution is 2.31. The highest BCUT2D eigenvalue weighted by atomic mass is 35.5. The largest absolute Gasteiger partial charge is 0.361 e. The van der Waals surface area contributed by atoms with Gasteiger partial charge in [-0.1, -0.05) is 47.1 Å². The monoisotopic (exact) mass is 379 g/mol. The van der Waals surface area contributed by atoms with Crippen LogP contribution in [0.4, 0.5) is 5.69 Å². The van der Waals surface area contributed by atoms with Crippen LogP contribution in [0.2, 0.25) is 5.02 Å². The Bertz CT molecular complexity index is 1160. The van der Waals surface area contributed by atoms with E-state index in [-0.39, 0.29) is 17.2 Å². The molecule has 2 N–H and O–H groups in total. The summed E-state index contributed by atoms with van der Waals surface area (Å²) in [6.45, 7) is 1.70. The minimum Gasteiger partial charge on any atom is -0.361 e. The maximum atomic E-state index is 13.0. The van der Waals surface area contributed by atoms with E-state index < -0.39 is 5.91 Å². The van der Waals surface area contributed by atoms with Gasteiger partial charge in [-0.25, -0.2) is 0 Å². The third kappa shape index (κ3) is 3.22. The number of amides is 1. The first-order chi connectivity index (χ1) is 13.0. The molecular formula is C20H14ClN3O3. The van der Waals surface area contributed by atoms with Crippen molar-refractivity contribution in [1.82, 2.24) is 10.1 Å². The second-order valence-corrected chi connectivity index (χ2v) is 6.47. The van der Waals surface area contributed by atoms with Gasteiger partial charge in [-0.15, -0.1) is 0 Å². The van der Waals surface area contributed by atoms with Crippen LogP contribution in [-0.4, -0.2) is 21.8 Å². The van der Waals surface area contributed by atoms with Crippen molar-refractivity contribution in [3.8, 4) is 0 Å². The van der Waals surface area contributed by atoms with E-state index in [0.29, 0.717) is 32.9 Å². The summed E-state index contributed by atoms with van der Waals surface area (Å²) in [5, 5.41) is 7.69. The predicted molar refractivity (Wildman–Crippen MR) is 102 cm³/mol. The standard InChI is InChI=1S/C20H14ClN3O3/c1-11-9-16(24-27-11)20(26)23-17-14-8-7-13(21)10-15(14)22-18(17)19(25)12-5-3-2-4-6-12/h2-10,22H,1H3,(H,23,26). The van der Waals surface area contributed by atoms with Gasteiger partial charge in [0.05, 0.1) is 5.69 Å². The Kier molecular flexibility index (Phi) is 4.25. The summed E-state index contributed by atoms with van der Waals surface area (Å²) in [4.78, 5) is 28.6. The fourth-order valence-corrected chi connectivity index (χ4v) is 3.03. The molecule has 2 heterocycles. The van der Waals surface area contributed by atoms with Crippen LogP contribution in [0.25, 0.3) is 10.9 Å². The number of hydrogen-bond donors (Lipinski definition) is 2. The molecule has 0 aliphatic rings. The van der Waals surface area contributed by atoms with Gasteiger partial charge < -0.3 is 14.8 Å². The molecule has 4 rings (SSSR count). The Morgan fingerprint density at radius 1 is 1.11 bits per heavy atom. The summed E-state index contributed by atoms with van der Waals surface area (Å²) in [5.41, 5.74) is 1.93. The summed E-state index contributed by atoms with van der Waals surface area (Å²) in [7, 11) is 0. The number of fused-ring (bicyclic) bond motifs is 1. The molecular weight excluding hydrogens is 366 g/mol. The molecule has 0 saturated heterocycles. The number of aryl methyl sites for hydroxylation is 1. The predicted octanol–water partition coefficient (Wildman–Crippen LogP) is 4.60. The normalized spacial score (nSPS) is 10.9. The number of anilines is 1. The highest BCUT2D eigenvalue weighted by Gasteiger charge is 2.22. The number of aromatic nitrogens is 2. The topological polar surface area (TPSA) is 88.0 Å². The van der Waals surface area contributed by atoms with Crippen molar-refractivity contribution >= 4 is 39.9 Å². The quantitative estimate of drug-likeness (QED) is 0.507. The molecule has 7 heteroatoms. The molecule has 1 amide bonds. The highest BCUT2D eigenvalue weighted by molar-refractivity contribution is 6.31. The number of ketones is 1. The van der Waals surface area contributed by atoms with E-state index in [1.165, 1.54) is 6.07 Å². The van der Waals surface area contributed by atoms with E-state index in [2.05, 4.69) is 15.5 Å². The Balaban J connectivity index is 1.82. The molecule has 0 unspecified atom stereocenters. The fourth-order valence-electron chi connectivity index (χ4n) is 2.85. The Morgan fingerprint density at radius 3 is 2.59 bits per heavy atom. The van der Waals surface area contributed by atoms with Crippen LogP contribution in [0.15, 0.2) is 59.1 Å². The third-order valence-corrected chi connectivity index (χ3v) is 4.36. The summed E-state index contributed by atoms with van der Waals surface area (Å²) < 4.78 is 4.95. The van der Waals surface area contributed by atoms with Gasteiger partial charge in [0.2, 0.25) is 5.78 Å². The van der Waals surface area contributed by atoms with Crippen LogP contribution < -0.4 is 5.32 Å². The van der Waals surface area contributed by atoms with Gasteiger partial charge in [0.25, 0.3) is 5.91 Å². The maximum absolute atomic E-state index is 13.0. The number of hydrogen-bond acceptors (Lipinski definition) is 4. The average Bonchev–Trinajstić information content (AvgIpc) is 3.25. The lowest BCUT2D eigenvalue weighted by atomic mass is 10.1. The molecule has 27 heavy (non-hydrogen) atoms. The van der Waals surface area contributed by atoms with E-state index in [1.54, 1.807) is 49.4 Å². The molecule has 134 valence electrons. The molecule has 0 aliphatic heterocycles. The summed E-state index contributed by atoms with van der Waals surface area (Å²) in [6.07, 6.45) is 0. The number of nitrogens with one attached hydrogen (secondary N) is 2. The molecule has 4 aromatic rings. The van der Waals surface area contributed by atoms with E-state index >= 15 is 0 Å². The Morgan fingerprint density at radius 2 is 1.89 bits per heavy atom. The zero-order chi connectivity index (χ0) is 19.0. The molecule has 0 saturated carbocycles. The average molecular weight is 380 g/mol. The molecule has 0 radical (unpaired) electrons. The smallest absolute Gasteiger partial charge is 0.277 e. The molecule has 2 aromatic heterocycles. The summed E-state index contributed by atoms with van der Waals surface area (Å²) in [6, 6.07) is 15.5. The SMILES string of the molecule is Cc1cc(C(=O)Nc2c(C(=O)c3ccccc3)[nH]c3cc(Cl)ccc23)no1. The number of halogens is 1. The first kappa shape index (κ1) is 17.1. The van der Waals surface area contributed by atoms with Crippen LogP contribution in [0.1, 0.15) is 32.3 Å². The van der Waals surface area contributed by atoms with E-state index in [0.717, 1.165) is 0 Å². The summed E-state index contributed by atoms with van der Waals surface area (Å²) >= 11 is 6.07. The van der Waals surface area contributed by atoms with Gasteiger partial charge >= 0.3 is 0 Å². The molecule has 0 spiro atoms. The zero-order valence-electron chi connectivity index (χ0n) is 14.2. The number of carbonyl (C=O) groups is 2. The minimum absolute atomic E-state index is 0.133. The number of rotatable bonds is 4. The van der Waals surface area contributed by atoms with Gasteiger partial charge in [0, 0.05) is 27.6 Å². The van der Waals surface area contributed by atoms with Gasteiger partial charge in [-0.2, -0.15) is 0 Å².